The fourth-order valence-corrected chi connectivity index (χ4v) is 3.34. The second kappa shape index (κ2) is 5.78. The number of aliphatic hydroxyl groups excluding tert-OH is 1. The molecule has 2 aromatic rings. The van der Waals surface area contributed by atoms with Crippen molar-refractivity contribution in [1.82, 2.24) is 9.71 Å². The van der Waals surface area contributed by atoms with E-state index in [1.54, 1.807) is 6.92 Å². The van der Waals surface area contributed by atoms with Gasteiger partial charge >= 0.3 is 0 Å². The Morgan fingerprint density at radius 3 is 2.65 bits per heavy atom. The maximum absolute atomic E-state index is 12.2. The Morgan fingerprint density at radius 2 is 2.05 bits per heavy atom. The van der Waals surface area contributed by atoms with Crippen LogP contribution in [0.2, 0.25) is 0 Å². The smallest absolute Gasteiger partial charge is 0.242 e. The molecule has 1 unspecified atom stereocenters. The van der Waals surface area contributed by atoms with E-state index < -0.39 is 10.0 Å². The Balaban J connectivity index is 2.22. The summed E-state index contributed by atoms with van der Waals surface area (Å²) in [6.45, 7) is 3.53. The van der Waals surface area contributed by atoms with E-state index in [0.29, 0.717) is 5.69 Å². The van der Waals surface area contributed by atoms with E-state index in [1.165, 1.54) is 12.3 Å². The van der Waals surface area contributed by atoms with Crippen molar-refractivity contribution in [2.75, 3.05) is 0 Å². The molecule has 0 aliphatic heterocycles. The summed E-state index contributed by atoms with van der Waals surface area (Å²) in [5.41, 5.74) is 2.44. The minimum Gasteiger partial charge on any atom is -0.390 e. The van der Waals surface area contributed by atoms with Crippen LogP contribution in [0.3, 0.4) is 0 Å². The molecule has 0 aliphatic rings. The lowest BCUT2D eigenvalue weighted by atomic mass is 10.0. The van der Waals surface area contributed by atoms with E-state index in [-0.39, 0.29) is 17.5 Å². The topological polar surface area (TPSA) is 82.2 Å². The number of benzene rings is 1. The molecule has 1 aromatic heterocycles. The molecule has 1 aromatic carbocycles. The highest BCUT2D eigenvalue weighted by Gasteiger charge is 2.20. The minimum atomic E-state index is -3.61. The summed E-state index contributed by atoms with van der Waals surface area (Å²) < 4.78 is 27.1. The van der Waals surface area contributed by atoms with E-state index in [2.05, 4.69) is 9.71 Å². The molecule has 20 heavy (non-hydrogen) atoms. The predicted molar refractivity (Wildman–Crippen MR) is 76.6 cm³/mol. The first-order valence-corrected chi connectivity index (χ1v) is 7.78. The Kier molecular flexibility index (Phi) is 4.27. The van der Waals surface area contributed by atoms with Crippen LogP contribution in [0.15, 0.2) is 41.4 Å². The van der Waals surface area contributed by atoms with Gasteiger partial charge in [-0.25, -0.2) is 13.1 Å². The van der Waals surface area contributed by atoms with Crippen molar-refractivity contribution in [2.24, 2.45) is 0 Å². The number of aromatic amines is 1. The summed E-state index contributed by atoms with van der Waals surface area (Å²) in [6, 6.07) is 8.74. The van der Waals surface area contributed by atoms with Crippen LogP contribution in [0.4, 0.5) is 0 Å². The van der Waals surface area contributed by atoms with Crippen molar-refractivity contribution in [2.45, 2.75) is 31.4 Å². The van der Waals surface area contributed by atoms with E-state index in [1.807, 2.05) is 31.2 Å². The summed E-state index contributed by atoms with van der Waals surface area (Å²) in [4.78, 5) is 2.84. The fraction of sp³-hybridized carbons (Fsp3) is 0.286. The highest BCUT2D eigenvalue weighted by Crippen LogP contribution is 2.20. The Hall–Kier alpha value is -1.63. The molecule has 1 atom stereocenters. The predicted octanol–water partition coefficient (Wildman–Crippen LogP) is 1.85. The van der Waals surface area contributed by atoms with Crippen molar-refractivity contribution < 1.29 is 13.5 Å². The van der Waals surface area contributed by atoms with Gasteiger partial charge in [0.25, 0.3) is 0 Å². The molecule has 6 heteroatoms. The highest BCUT2D eigenvalue weighted by molar-refractivity contribution is 7.89. The van der Waals surface area contributed by atoms with Crippen LogP contribution >= 0.6 is 0 Å². The number of H-pyrrole nitrogens is 1. The minimum absolute atomic E-state index is 0.127. The van der Waals surface area contributed by atoms with Crippen LogP contribution in [0.5, 0.6) is 0 Å². The van der Waals surface area contributed by atoms with Gasteiger partial charge in [-0.05, 0) is 31.0 Å². The lowest BCUT2D eigenvalue weighted by Gasteiger charge is -2.16. The first-order chi connectivity index (χ1) is 9.44. The quantitative estimate of drug-likeness (QED) is 0.787. The number of hydrogen-bond acceptors (Lipinski definition) is 3. The van der Waals surface area contributed by atoms with Crippen LogP contribution in [0, 0.1) is 6.92 Å². The zero-order chi connectivity index (χ0) is 14.8. The third kappa shape index (κ3) is 3.09. The van der Waals surface area contributed by atoms with Crippen molar-refractivity contribution in [3.63, 3.8) is 0 Å². The van der Waals surface area contributed by atoms with Crippen LogP contribution < -0.4 is 4.72 Å². The van der Waals surface area contributed by atoms with Crippen LogP contribution in [-0.2, 0) is 16.6 Å². The molecule has 0 spiro atoms. The molecular weight excluding hydrogens is 276 g/mol. The summed E-state index contributed by atoms with van der Waals surface area (Å²) in [6.07, 6.45) is 1.37. The number of sulfonamides is 1. The summed E-state index contributed by atoms with van der Waals surface area (Å²) >= 11 is 0. The van der Waals surface area contributed by atoms with E-state index in [0.717, 1.165) is 11.1 Å². The molecule has 3 N–H and O–H groups in total. The van der Waals surface area contributed by atoms with Crippen molar-refractivity contribution in [1.29, 1.82) is 0 Å². The lowest BCUT2D eigenvalue weighted by Crippen LogP contribution is -2.27. The summed E-state index contributed by atoms with van der Waals surface area (Å²) in [7, 11) is -3.61. The molecule has 2 rings (SSSR count). The van der Waals surface area contributed by atoms with Crippen LogP contribution in [0.1, 0.15) is 29.8 Å². The monoisotopic (exact) mass is 294 g/mol. The Morgan fingerprint density at radius 1 is 1.35 bits per heavy atom. The van der Waals surface area contributed by atoms with Gasteiger partial charge in [0.15, 0.2) is 0 Å². The number of aromatic nitrogens is 1. The van der Waals surface area contributed by atoms with E-state index in [4.69, 9.17) is 5.11 Å². The number of aryl methyl sites for hydroxylation is 1. The van der Waals surface area contributed by atoms with Gasteiger partial charge in [-0.15, -0.1) is 0 Å². The number of hydrogen-bond donors (Lipinski definition) is 3. The van der Waals surface area contributed by atoms with Gasteiger partial charge in [-0.2, -0.15) is 0 Å². The summed E-state index contributed by atoms with van der Waals surface area (Å²) in [5, 5.41) is 8.97. The molecule has 0 bridgehead atoms. The van der Waals surface area contributed by atoms with Gasteiger partial charge in [0, 0.05) is 17.9 Å². The average molecular weight is 294 g/mol. The third-order valence-corrected chi connectivity index (χ3v) is 4.70. The fourth-order valence-electron chi connectivity index (χ4n) is 2.10. The molecule has 0 saturated heterocycles. The number of nitrogens with one attached hydrogen (secondary N) is 2. The van der Waals surface area contributed by atoms with Gasteiger partial charge in [-0.1, -0.05) is 24.3 Å². The molecule has 0 fully saturated rings. The molecule has 0 radical (unpaired) electrons. The molecule has 5 nitrogen and oxygen atoms in total. The second-order valence-corrected chi connectivity index (χ2v) is 6.43. The van der Waals surface area contributed by atoms with Crippen molar-refractivity contribution in [3.8, 4) is 0 Å². The average Bonchev–Trinajstić information content (AvgIpc) is 2.88. The lowest BCUT2D eigenvalue weighted by molar-refractivity contribution is 0.277. The zero-order valence-electron chi connectivity index (χ0n) is 11.4. The molecule has 0 saturated carbocycles. The van der Waals surface area contributed by atoms with Gasteiger partial charge in [0.1, 0.15) is 0 Å². The standard InChI is InChI=1S/C14H18N2O3S/c1-10-5-3-4-6-14(10)11(2)16-20(18,19)13-7-12(9-17)15-8-13/h3-8,11,15-17H,9H2,1-2H3. The number of rotatable bonds is 5. The van der Waals surface area contributed by atoms with Crippen molar-refractivity contribution >= 4 is 10.0 Å². The normalized spacial score (nSPS) is 13.3. The zero-order valence-corrected chi connectivity index (χ0v) is 12.2. The van der Waals surface area contributed by atoms with Crippen LogP contribution in [-0.4, -0.2) is 18.5 Å². The van der Waals surface area contributed by atoms with Crippen LogP contribution in [0.25, 0.3) is 0 Å². The largest absolute Gasteiger partial charge is 0.390 e. The number of aliphatic hydroxyl groups is 1. The van der Waals surface area contributed by atoms with Gasteiger partial charge in [0.2, 0.25) is 10.0 Å². The van der Waals surface area contributed by atoms with Gasteiger partial charge < -0.3 is 10.1 Å². The van der Waals surface area contributed by atoms with Gasteiger partial charge in [-0.3, -0.25) is 0 Å². The maximum Gasteiger partial charge on any atom is 0.242 e. The van der Waals surface area contributed by atoms with E-state index >= 15 is 0 Å². The highest BCUT2D eigenvalue weighted by atomic mass is 32.2. The van der Waals surface area contributed by atoms with Crippen molar-refractivity contribution in [3.05, 3.63) is 53.3 Å². The van der Waals surface area contributed by atoms with Gasteiger partial charge in [0.05, 0.1) is 11.5 Å². The first kappa shape index (κ1) is 14.8. The SMILES string of the molecule is Cc1ccccc1C(C)NS(=O)(=O)c1c[nH]c(CO)c1. The molecule has 0 aliphatic carbocycles. The molecule has 1 heterocycles. The molecule has 108 valence electrons. The Labute approximate surface area is 118 Å². The third-order valence-electron chi connectivity index (χ3n) is 3.18. The molecule has 0 amide bonds. The Bertz CT molecular complexity index is 692. The maximum atomic E-state index is 12.2. The van der Waals surface area contributed by atoms with E-state index in [9.17, 15) is 8.42 Å². The molecular formula is C14H18N2O3S. The summed E-state index contributed by atoms with van der Waals surface area (Å²) in [5.74, 6) is 0. The second-order valence-electron chi connectivity index (χ2n) is 4.72. The first-order valence-electron chi connectivity index (χ1n) is 6.30.